The predicted molar refractivity (Wildman–Crippen MR) is 154 cm³/mol. The van der Waals surface area contributed by atoms with Crippen molar-refractivity contribution >= 4 is 17.0 Å². The first-order valence-electron chi connectivity index (χ1n) is 14.0. The Morgan fingerprint density at radius 3 is 2.54 bits per heavy atom. The molecule has 6 rings (SSSR count). The third-order valence-electron chi connectivity index (χ3n) is 7.80. The Balaban J connectivity index is 1.30. The van der Waals surface area contributed by atoms with Gasteiger partial charge in [-0.25, -0.2) is 36.7 Å². The Hall–Kier alpha value is -5.35. The molecule has 2 aromatic heterocycles. The number of pyridine rings is 1. The standard InChI is InChI=1S/C33H23F5N4O4/c34-23-8-17(13-39)4-5-19(23)14-46-31-3-1-2-26(41-31)21-12-24(35)20(9-25(21)36)11-30-40-27-7-6-18(33(43)44)10-28(27)42(30)29-16-45-15-22(29)32(37)38/h1-10,12,22,29,32H,11,14-16H2,(H,43,44)/t22-,29+/m0/s1. The van der Waals surface area contributed by atoms with Gasteiger partial charge in [-0.15, -0.1) is 0 Å². The molecule has 8 nitrogen and oxygen atoms in total. The van der Waals surface area contributed by atoms with Crippen LogP contribution in [0.4, 0.5) is 22.0 Å². The minimum Gasteiger partial charge on any atom is -0.478 e. The van der Waals surface area contributed by atoms with Gasteiger partial charge < -0.3 is 19.1 Å². The van der Waals surface area contributed by atoms with Crippen LogP contribution in [0.5, 0.6) is 5.88 Å². The van der Waals surface area contributed by atoms with Gasteiger partial charge in [-0.2, -0.15) is 5.26 Å². The molecular weight excluding hydrogens is 611 g/mol. The number of nitrogens with zero attached hydrogens (tertiary/aromatic N) is 4. The van der Waals surface area contributed by atoms with Gasteiger partial charge in [-0.05, 0) is 54.1 Å². The van der Waals surface area contributed by atoms with Crippen LogP contribution >= 0.6 is 0 Å². The van der Waals surface area contributed by atoms with E-state index in [1.165, 1.54) is 53.1 Å². The maximum absolute atomic E-state index is 15.6. The van der Waals surface area contributed by atoms with Crippen LogP contribution in [0.3, 0.4) is 0 Å². The molecule has 1 N–H and O–H groups in total. The SMILES string of the molecule is N#Cc1ccc(COc2cccc(-c3cc(F)c(Cc4nc5ccc(C(=O)O)cc5n4[C@@H]4COC[C@@H]4C(F)F)cc3F)n2)c(F)c1. The van der Waals surface area contributed by atoms with E-state index in [0.29, 0.717) is 5.52 Å². The number of aromatic nitrogens is 3. The Kier molecular flexibility index (Phi) is 8.38. The minimum absolute atomic E-state index is 0.0203. The lowest BCUT2D eigenvalue weighted by atomic mass is 10.0. The monoisotopic (exact) mass is 634 g/mol. The molecule has 3 heterocycles. The van der Waals surface area contributed by atoms with Crippen molar-refractivity contribution in [2.24, 2.45) is 5.92 Å². The summed E-state index contributed by atoms with van der Waals surface area (Å²) in [6.45, 7) is -0.546. The van der Waals surface area contributed by atoms with Crippen molar-refractivity contribution in [1.29, 1.82) is 5.26 Å². The van der Waals surface area contributed by atoms with Crippen LogP contribution in [0.1, 0.15) is 38.9 Å². The fourth-order valence-corrected chi connectivity index (χ4v) is 5.46. The lowest BCUT2D eigenvalue weighted by molar-refractivity contribution is 0.0555. The predicted octanol–water partition coefficient (Wildman–Crippen LogP) is 6.71. The Bertz CT molecular complexity index is 2010. The molecule has 1 aliphatic rings. The number of benzene rings is 3. The highest BCUT2D eigenvalue weighted by Crippen LogP contribution is 2.36. The van der Waals surface area contributed by atoms with Gasteiger partial charge in [0.25, 0.3) is 0 Å². The first-order chi connectivity index (χ1) is 22.1. The number of alkyl halides is 2. The van der Waals surface area contributed by atoms with Gasteiger partial charge in [0, 0.05) is 23.6 Å². The van der Waals surface area contributed by atoms with Gasteiger partial charge in [0.2, 0.25) is 12.3 Å². The third-order valence-corrected chi connectivity index (χ3v) is 7.80. The highest BCUT2D eigenvalue weighted by Gasteiger charge is 2.38. The van der Waals surface area contributed by atoms with E-state index in [1.807, 2.05) is 6.07 Å². The van der Waals surface area contributed by atoms with E-state index in [1.54, 1.807) is 0 Å². The van der Waals surface area contributed by atoms with Crippen LogP contribution in [0.25, 0.3) is 22.3 Å². The number of hydrogen-bond acceptors (Lipinski definition) is 6. The zero-order valence-corrected chi connectivity index (χ0v) is 23.8. The number of ether oxygens (including phenoxy) is 2. The molecule has 0 amide bonds. The molecule has 234 valence electrons. The first kappa shape index (κ1) is 30.7. The second kappa shape index (κ2) is 12.6. The lowest BCUT2D eigenvalue weighted by Gasteiger charge is -2.22. The van der Waals surface area contributed by atoms with Crippen LogP contribution in [-0.4, -0.2) is 45.3 Å². The third kappa shape index (κ3) is 5.99. The summed E-state index contributed by atoms with van der Waals surface area (Å²) in [5, 5.41) is 18.4. The maximum Gasteiger partial charge on any atom is 0.335 e. The van der Waals surface area contributed by atoms with Gasteiger partial charge in [0.15, 0.2) is 0 Å². The van der Waals surface area contributed by atoms with Crippen LogP contribution in [0, 0.1) is 34.7 Å². The van der Waals surface area contributed by atoms with Gasteiger partial charge >= 0.3 is 5.97 Å². The van der Waals surface area contributed by atoms with E-state index in [0.717, 1.165) is 18.2 Å². The van der Waals surface area contributed by atoms with Crippen molar-refractivity contribution < 1.29 is 41.3 Å². The molecule has 5 aromatic rings. The molecular formula is C33H23F5N4O4. The molecule has 1 saturated heterocycles. The highest BCUT2D eigenvalue weighted by molar-refractivity contribution is 5.92. The zero-order valence-electron chi connectivity index (χ0n) is 23.8. The van der Waals surface area contributed by atoms with E-state index < -0.39 is 41.8 Å². The molecule has 46 heavy (non-hydrogen) atoms. The minimum atomic E-state index is -2.75. The summed E-state index contributed by atoms with van der Waals surface area (Å²) in [4.78, 5) is 20.3. The molecule has 0 radical (unpaired) electrons. The molecule has 1 aliphatic heterocycles. The molecule has 0 bridgehead atoms. The number of carbonyl (C=O) groups is 1. The Labute approximate surface area is 258 Å². The number of aromatic carboxylic acids is 1. The fraction of sp³-hybridized carbons (Fsp3) is 0.212. The Morgan fingerprint density at radius 2 is 1.80 bits per heavy atom. The van der Waals surface area contributed by atoms with E-state index in [-0.39, 0.29) is 77.0 Å². The van der Waals surface area contributed by atoms with Gasteiger partial charge in [0.1, 0.15) is 29.9 Å². The van der Waals surface area contributed by atoms with Crippen LogP contribution in [0.2, 0.25) is 0 Å². The number of carboxylic acid groups (broad SMARTS) is 1. The summed E-state index contributed by atoms with van der Waals surface area (Å²) < 4.78 is 85.5. The Morgan fingerprint density at radius 1 is 1.00 bits per heavy atom. The van der Waals surface area contributed by atoms with Crippen molar-refractivity contribution in [3.63, 3.8) is 0 Å². The topological polar surface area (TPSA) is 110 Å². The smallest absolute Gasteiger partial charge is 0.335 e. The van der Waals surface area contributed by atoms with E-state index in [4.69, 9.17) is 14.7 Å². The molecule has 13 heteroatoms. The van der Waals surface area contributed by atoms with Crippen molar-refractivity contribution in [1.82, 2.24) is 14.5 Å². The fourth-order valence-electron chi connectivity index (χ4n) is 5.46. The summed E-state index contributed by atoms with van der Waals surface area (Å²) in [5.41, 5.74) is 0.533. The van der Waals surface area contributed by atoms with Gasteiger partial charge in [-0.1, -0.05) is 12.1 Å². The number of hydrogen-bond donors (Lipinski definition) is 1. The summed E-state index contributed by atoms with van der Waals surface area (Å²) in [7, 11) is 0. The first-order valence-corrected chi connectivity index (χ1v) is 14.0. The highest BCUT2D eigenvalue weighted by atomic mass is 19.3. The lowest BCUT2D eigenvalue weighted by Crippen LogP contribution is -2.25. The molecule has 0 spiro atoms. The number of halogens is 5. The van der Waals surface area contributed by atoms with Crippen molar-refractivity contribution in [3.8, 4) is 23.2 Å². The summed E-state index contributed by atoms with van der Waals surface area (Å²) in [6, 6.07) is 15.2. The number of fused-ring (bicyclic) bond motifs is 1. The van der Waals surface area contributed by atoms with Crippen LogP contribution < -0.4 is 4.74 Å². The van der Waals surface area contributed by atoms with Gasteiger partial charge in [-0.3, -0.25) is 0 Å². The largest absolute Gasteiger partial charge is 0.478 e. The van der Waals surface area contributed by atoms with E-state index >= 15 is 8.78 Å². The summed E-state index contributed by atoms with van der Waals surface area (Å²) >= 11 is 0. The number of nitriles is 1. The molecule has 0 unspecified atom stereocenters. The van der Waals surface area contributed by atoms with E-state index in [2.05, 4.69) is 9.97 Å². The normalized spacial score (nSPS) is 16.2. The number of rotatable bonds is 9. The molecule has 2 atom stereocenters. The van der Waals surface area contributed by atoms with Gasteiger partial charge in [0.05, 0.1) is 59.1 Å². The zero-order chi connectivity index (χ0) is 32.5. The average molecular weight is 635 g/mol. The summed E-state index contributed by atoms with van der Waals surface area (Å²) in [6.07, 6.45) is -3.04. The molecule has 0 aliphatic carbocycles. The molecule has 3 aromatic carbocycles. The summed E-state index contributed by atoms with van der Waals surface area (Å²) in [5.74, 6) is -4.58. The quantitative estimate of drug-likeness (QED) is 0.180. The molecule has 1 fully saturated rings. The van der Waals surface area contributed by atoms with Crippen LogP contribution in [0.15, 0.2) is 66.7 Å². The van der Waals surface area contributed by atoms with E-state index in [9.17, 15) is 23.1 Å². The van der Waals surface area contributed by atoms with Crippen LogP contribution in [-0.2, 0) is 17.8 Å². The second-order valence-corrected chi connectivity index (χ2v) is 10.7. The number of imidazole rings is 1. The van der Waals surface area contributed by atoms with Crippen molar-refractivity contribution in [3.05, 3.63) is 112 Å². The number of carboxylic acids is 1. The van der Waals surface area contributed by atoms with Crippen molar-refractivity contribution in [2.75, 3.05) is 13.2 Å². The maximum atomic E-state index is 15.6. The second-order valence-electron chi connectivity index (χ2n) is 10.7. The average Bonchev–Trinajstić information content (AvgIpc) is 3.66. The van der Waals surface area contributed by atoms with Crippen molar-refractivity contribution in [2.45, 2.75) is 25.5 Å². The molecule has 0 saturated carbocycles.